The minimum absolute atomic E-state index is 0.0523. The van der Waals surface area contributed by atoms with Crippen LogP contribution in [0.5, 0.6) is 5.75 Å². The summed E-state index contributed by atoms with van der Waals surface area (Å²) in [4.78, 5) is 15.5. The molecule has 0 bridgehead atoms. The lowest BCUT2D eigenvalue weighted by molar-refractivity contribution is -0.188. The van der Waals surface area contributed by atoms with Crippen molar-refractivity contribution in [1.82, 2.24) is 9.88 Å². The molecule has 0 radical (unpaired) electrons. The molecule has 0 aliphatic carbocycles. The number of aromatic nitrogens is 1. The molecule has 22 heavy (non-hydrogen) atoms. The van der Waals surface area contributed by atoms with Crippen molar-refractivity contribution in [2.24, 2.45) is 0 Å². The van der Waals surface area contributed by atoms with Gasteiger partial charge in [0.25, 0.3) is 0 Å². The maximum absolute atomic E-state index is 12.7. The number of rotatable bonds is 1. The average Bonchev–Trinajstić information content (AvgIpc) is 2.84. The average molecular weight is 312 g/mol. The van der Waals surface area contributed by atoms with Crippen molar-refractivity contribution in [3.63, 3.8) is 0 Å². The quantitative estimate of drug-likeness (QED) is 0.879. The maximum atomic E-state index is 12.7. The maximum Gasteiger partial charge on any atom is 0.471 e. The van der Waals surface area contributed by atoms with Gasteiger partial charge in [-0.25, -0.2) is 0 Å². The van der Waals surface area contributed by atoms with Crippen molar-refractivity contribution in [1.29, 1.82) is 0 Å². The van der Waals surface area contributed by atoms with Crippen LogP contribution in [0.4, 0.5) is 13.2 Å². The first-order valence-corrected chi connectivity index (χ1v) is 6.89. The highest BCUT2D eigenvalue weighted by Crippen LogP contribution is 2.37. The first kappa shape index (κ1) is 14.7. The van der Waals surface area contributed by atoms with Crippen LogP contribution in [0.2, 0.25) is 0 Å². The number of benzene rings is 1. The summed E-state index contributed by atoms with van der Waals surface area (Å²) in [6, 6.07) is 4.83. The number of methoxy groups -OCH3 is 1. The third-order valence-electron chi connectivity index (χ3n) is 4.14. The fourth-order valence-electron chi connectivity index (χ4n) is 3.02. The smallest absolute Gasteiger partial charge is 0.471 e. The summed E-state index contributed by atoms with van der Waals surface area (Å²) < 4.78 is 43.2. The lowest BCUT2D eigenvalue weighted by Crippen LogP contribution is -2.45. The van der Waals surface area contributed by atoms with E-state index in [9.17, 15) is 18.0 Å². The molecule has 3 rings (SSSR count). The van der Waals surface area contributed by atoms with Crippen molar-refractivity contribution < 1.29 is 22.7 Å². The number of carbonyl (C=O) groups excluding carboxylic acids is 1. The van der Waals surface area contributed by atoms with Gasteiger partial charge in [-0.1, -0.05) is 0 Å². The molecular formula is C15H15F3N2O2. The van der Waals surface area contributed by atoms with Crippen LogP contribution >= 0.6 is 0 Å². The van der Waals surface area contributed by atoms with E-state index < -0.39 is 18.1 Å². The summed E-state index contributed by atoms with van der Waals surface area (Å²) in [6.07, 6.45) is -4.46. The van der Waals surface area contributed by atoms with Crippen LogP contribution in [0.3, 0.4) is 0 Å². The van der Waals surface area contributed by atoms with Crippen LogP contribution in [0, 0.1) is 0 Å². The third kappa shape index (κ3) is 2.20. The Labute approximate surface area is 124 Å². The van der Waals surface area contributed by atoms with Crippen molar-refractivity contribution in [3.05, 3.63) is 29.5 Å². The highest BCUT2D eigenvalue weighted by Gasteiger charge is 2.45. The van der Waals surface area contributed by atoms with Gasteiger partial charge in [0.05, 0.1) is 13.2 Å². The summed E-state index contributed by atoms with van der Waals surface area (Å²) in [6.45, 7) is 1.66. The number of hydrogen-bond donors (Lipinski definition) is 1. The molecule has 2 heterocycles. The molecule has 1 aromatic heterocycles. The number of carbonyl (C=O) groups is 1. The van der Waals surface area contributed by atoms with Gasteiger partial charge in [0.15, 0.2) is 0 Å². The van der Waals surface area contributed by atoms with E-state index in [4.69, 9.17) is 4.74 Å². The number of ether oxygens (including phenoxy) is 1. The monoisotopic (exact) mass is 312 g/mol. The molecule has 0 saturated carbocycles. The van der Waals surface area contributed by atoms with Crippen LogP contribution in [-0.2, 0) is 11.2 Å². The standard InChI is InChI=1S/C15H15F3N2O2/c1-8-13-10(5-6-20(8)14(21)15(16,17)18)11-7-9(22-2)3-4-12(11)19-13/h3-4,7-8,19H,5-6H2,1-2H3. The summed E-state index contributed by atoms with van der Waals surface area (Å²) in [5, 5.41) is 0.931. The van der Waals surface area contributed by atoms with Crippen LogP contribution in [-0.4, -0.2) is 35.6 Å². The molecule has 0 fully saturated rings. The van der Waals surface area contributed by atoms with Gasteiger partial charge in [-0.15, -0.1) is 0 Å². The highest BCUT2D eigenvalue weighted by atomic mass is 19.4. The van der Waals surface area contributed by atoms with Crippen LogP contribution < -0.4 is 4.74 Å². The Morgan fingerprint density at radius 2 is 2.14 bits per heavy atom. The predicted molar refractivity (Wildman–Crippen MR) is 74.7 cm³/mol. The van der Waals surface area contributed by atoms with Crippen LogP contribution in [0.1, 0.15) is 24.2 Å². The van der Waals surface area contributed by atoms with Gasteiger partial charge in [0.1, 0.15) is 5.75 Å². The number of fused-ring (bicyclic) bond motifs is 3. The number of amides is 1. The summed E-state index contributed by atoms with van der Waals surface area (Å²) in [7, 11) is 1.56. The molecule has 1 aliphatic rings. The van der Waals surface area contributed by atoms with E-state index in [2.05, 4.69) is 4.98 Å². The van der Waals surface area contributed by atoms with E-state index in [1.807, 2.05) is 12.1 Å². The Balaban J connectivity index is 2.03. The first-order valence-electron chi connectivity index (χ1n) is 6.89. The fourth-order valence-corrected chi connectivity index (χ4v) is 3.02. The van der Waals surface area contributed by atoms with Crippen molar-refractivity contribution >= 4 is 16.8 Å². The second-order valence-corrected chi connectivity index (χ2v) is 5.35. The van der Waals surface area contributed by atoms with Gasteiger partial charge in [-0.3, -0.25) is 4.79 Å². The number of aromatic amines is 1. The normalized spacial score (nSPS) is 18.4. The molecule has 7 heteroatoms. The summed E-state index contributed by atoms with van der Waals surface area (Å²) >= 11 is 0. The van der Waals surface area contributed by atoms with Gasteiger partial charge in [0, 0.05) is 23.1 Å². The topological polar surface area (TPSA) is 45.3 Å². The number of hydrogen-bond acceptors (Lipinski definition) is 2. The largest absolute Gasteiger partial charge is 0.497 e. The number of halogens is 3. The number of alkyl halides is 3. The molecule has 118 valence electrons. The van der Waals surface area contributed by atoms with E-state index >= 15 is 0 Å². The SMILES string of the molecule is COc1ccc2[nH]c3c(c2c1)CCN(C(=O)C(F)(F)F)C3C. The molecule has 1 unspecified atom stereocenters. The predicted octanol–water partition coefficient (Wildman–Crippen LogP) is 3.18. The van der Waals surface area contributed by atoms with E-state index in [0.717, 1.165) is 21.4 Å². The molecular weight excluding hydrogens is 297 g/mol. The second-order valence-electron chi connectivity index (χ2n) is 5.35. The van der Waals surface area contributed by atoms with Crippen LogP contribution in [0.15, 0.2) is 18.2 Å². The Kier molecular flexibility index (Phi) is 3.30. The Morgan fingerprint density at radius 3 is 2.77 bits per heavy atom. The van der Waals surface area contributed by atoms with Gasteiger partial charge in [-0.05, 0) is 37.1 Å². The van der Waals surface area contributed by atoms with Gasteiger partial charge >= 0.3 is 12.1 Å². The van der Waals surface area contributed by atoms with Crippen molar-refractivity contribution in [2.75, 3.05) is 13.7 Å². The fraction of sp³-hybridized carbons (Fsp3) is 0.400. The summed E-state index contributed by atoms with van der Waals surface area (Å²) in [5.74, 6) is -1.10. The van der Waals surface area contributed by atoms with Gasteiger partial charge in [-0.2, -0.15) is 13.2 Å². The van der Waals surface area contributed by atoms with Crippen molar-refractivity contribution in [2.45, 2.75) is 25.6 Å². The Morgan fingerprint density at radius 1 is 1.41 bits per heavy atom. The van der Waals surface area contributed by atoms with Gasteiger partial charge in [0.2, 0.25) is 0 Å². The summed E-state index contributed by atoms with van der Waals surface area (Å²) in [5.41, 5.74) is 2.44. The second kappa shape index (κ2) is 4.93. The Bertz CT molecular complexity index is 736. The van der Waals surface area contributed by atoms with Crippen LogP contribution in [0.25, 0.3) is 10.9 Å². The molecule has 0 spiro atoms. The third-order valence-corrected chi connectivity index (χ3v) is 4.14. The van der Waals surface area contributed by atoms with E-state index in [0.29, 0.717) is 17.9 Å². The Hall–Kier alpha value is -2.18. The molecule has 1 N–H and O–H groups in total. The molecule has 1 aromatic carbocycles. The number of H-pyrrole nitrogens is 1. The number of nitrogens with one attached hydrogen (secondary N) is 1. The molecule has 1 aliphatic heterocycles. The van der Waals surface area contributed by atoms with Gasteiger partial charge < -0.3 is 14.6 Å². The first-order chi connectivity index (χ1) is 10.3. The minimum Gasteiger partial charge on any atom is -0.497 e. The van der Waals surface area contributed by atoms with Crippen molar-refractivity contribution in [3.8, 4) is 5.75 Å². The zero-order valence-electron chi connectivity index (χ0n) is 12.1. The zero-order chi connectivity index (χ0) is 16.1. The van der Waals surface area contributed by atoms with E-state index in [-0.39, 0.29) is 6.54 Å². The molecule has 4 nitrogen and oxygen atoms in total. The lowest BCUT2D eigenvalue weighted by atomic mass is 9.98. The highest BCUT2D eigenvalue weighted by molar-refractivity contribution is 5.88. The lowest BCUT2D eigenvalue weighted by Gasteiger charge is -2.33. The molecule has 0 saturated heterocycles. The van der Waals surface area contributed by atoms with E-state index in [1.54, 1.807) is 20.1 Å². The zero-order valence-corrected chi connectivity index (χ0v) is 12.1. The number of nitrogens with zero attached hydrogens (tertiary/aromatic N) is 1. The molecule has 1 amide bonds. The molecule has 1 atom stereocenters. The molecule has 2 aromatic rings. The van der Waals surface area contributed by atoms with E-state index in [1.165, 1.54) is 0 Å². The minimum atomic E-state index is -4.85.